The van der Waals surface area contributed by atoms with Gasteiger partial charge in [-0.2, -0.15) is 0 Å². The van der Waals surface area contributed by atoms with Crippen molar-refractivity contribution in [1.82, 2.24) is 35.2 Å². The van der Waals surface area contributed by atoms with Gasteiger partial charge in [-0.05, 0) is 17.0 Å². The number of benzene rings is 1. The molecule has 0 spiro atoms. The van der Waals surface area contributed by atoms with Crippen LogP contribution in [-0.4, -0.2) is 55.8 Å². The second kappa shape index (κ2) is 10.8. The average Bonchev–Trinajstić information content (AvgIpc) is 3.45. The molecule has 0 aliphatic carbocycles. The molecule has 3 rings (SSSR count). The van der Waals surface area contributed by atoms with Crippen LogP contribution in [0.3, 0.4) is 0 Å². The van der Waals surface area contributed by atoms with Crippen molar-refractivity contribution >= 4 is 28.3 Å². The number of hydrogen-bond acceptors (Lipinski definition) is 8. The van der Waals surface area contributed by atoms with E-state index in [-0.39, 0.29) is 24.2 Å². The largest absolute Gasteiger partial charge is 0.363 e. The fourth-order valence-corrected chi connectivity index (χ4v) is 4.02. The van der Waals surface area contributed by atoms with Gasteiger partial charge in [0, 0.05) is 27.2 Å². The molecule has 32 heavy (non-hydrogen) atoms. The van der Waals surface area contributed by atoms with E-state index in [1.54, 1.807) is 36.2 Å². The molecule has 11 heteroatoms. The van der Waals surface area contributed by atoms with Crippen LogP contribution >= 0.6 is 11.3 Å². The second-order valence-electron chi connectivity index (χ2n) is 7.76. The Morgan fingerprint density at radius 3 is 2.44 bits per heavy atom. The molecule has 0 saturated heterocycles. The van der Waals surface area contributed by atoms with Crippen LogP contribution in [-0.2, 0) is 29.1 Å². The van der Waals surface area contributed by atoms with Gasteiger partial charge in [-0.15, -0.1) is 20.4 Å². The lowest BCUT2D eigenvalue weighted by atomic mass is 10.0. The summed E-state index contributed by atoms with van der Waals surface area (Å²) in [6, 6.07) is 7.39. The minimum absolute atomic E-state index is 0.0462. The number of rotatable bonds is 10. The van der Waals surface area contributed by atoms with Crippen molar-refractivity contribution in [2.75, 3.05) is 19.4 Å². The molecule has 2 amide bonds. The van der Waals surface area contributed by atoms with Crippen molar-refractivity contribution in [3.05, 3.63) is 53.1 Å². The number of carbonyl (C=O) groups is 2. The molecule has 0 aliphatic heterocycles. The van der Waals surface area contributed by atoms with Crippen molar-refractivity contribution in [1.29, 1.82) is 0 Å². The maximum atomic E-state index is 12.9. The van der Waals surface area contributed by atoms with Gasteiger partial charge < -0.3 is 20.1 Å². The van der Waals surface area contributed by atoms with Gasteiger partial charge in [-0.1, -0.05) is 49.4 Å². The number of hydrogen-bond donors (Lipinski definition) is 2. The standard InChI is InChI=1S/C21H28N8O2S/c1-14(2)19(29-12-24-25-13-29)20(31)23-10-15-7-5-6-8-16(15)11-28(4)18(30)9-17-26-27-21(22-3)32-17/h5-8,12-14,19H,9-11H2,1-4H3,(H,22,27)(H,23,31). The first kappa shape index (κ1) is 23.3. The number of aromatic nitrogens is 5. The first-order chi connectivity index (χ1) is 15.4. The summed E-state index contributed by atoms with van der Waals surface area (Å²) in [6.45, 7) is 4.76. The van der Waals surface area contributed by atoms with Gasteiger partial charge in [-0.3, -0.25) is 9.59 Å². The zero-order valence-corrected chi connectivity index (χ0v) is 19.5. The molecule has 0 radical (unpaired) electrons. The molecule has 2 aromatic heterocycles. The maximum absolute atomic E-state index is 12.9. The molecule has 2 N–H and O–H groups in total. The SMILES string of the molecule is CNc1nnc(CC(=O)N(C)Cc2ccccc2CNC(=O)C(C(C)C)n2cnnc2)s1. The smallest absolute Gasteiger partial charge is 0.243 e. The summed E-state index contributed by atoms with van der Waals surface area (Å²) in [5.41, 5.74) is 1.93. The van der Waals surface area contributed by atoms with Crippen LogP contribution in [0.5, 0.6) is 0 Å². The summed E-state index contributed by atoms with van der Waals surface area (Å²) in [4.78, 5) is 27.2. The number of carbonyl (C=O) groups excluding carboxylic acids is 2. The molecule has 1 atom stereocenters. The minimum atomic E-state index is -0.393. The van der Waals surface area contributed by atoms with Crippen LogP contribution in [0.4, 0.5) is 5.13 Å². The van der Waals surface area contributed by atoms with Gasteiger partial charge in [0.2, 0.25) is 16.9 Å². The van der Waals surface area contributed by atoms with Crippen LogP contribution in [0, 0.1) is 5.92 Å². The van der Waals surface area contributed by atoms with Crippen LogP contribution < -0.4 is 10.6 Å². The van der Waals surface area contributed by atoms with Crippen LogP contribution in [0.15, 0.2) is 36.9 Å². The fourth-order valence-electron chi connectivity index (χ4n) is 3.34. The van der Waals surface area contributed by atoms with E-state index < -0.39 is 6.04 Å². The lowest BCUT2D eigenvalue weighted by Gasteiger charge is -2.22. The van der Waals surface area contributed by atoms with E-state index in [2.05, 4.69) is 31.0 Å². The molecule has 0 fully saturated rings. The molecule has 0 bridgehead atoms. The van der Waals surface area contributed by atoms with Gasteiger partial charge >= 0.3 is 0 Å². The second-order valence-corrected chi connectivity index (χ2v) is 8.82. The summed E-state index contributed by atoms with van der Waals surface area (Å²) in [5, 5.41) is 22.9. The predicted molar refractivity (Wildman–Crippen MR) is 122 cm³/mol. The molecular formula is C21H28N8O2S. The van der Waals surface area contributed by atoms with Crippen molar-refractivity contribution in [2.24, 2.45) is 5.92 Å². The maximum Gasteiger partial charge on any atom is 0.243 e. The molecule has 170 valence electrons. The van der Waals surface area contributed by atoms with Crippen molar-refractivity contribution in [3.8, 4) is 0 Å². The Labute approximate surface area is 191 Å². The number of nitrogens with one attached hydrogen (secondary N) is 2. The van der Waals surface area contributed by atoms with E-state index in [0.717, 1.165) is 11.1 Å². The van der Waals surface area contributed by atoms with E-state index >= 15 is 0 Å². The van der Waals surface area contributed by atoms with Gasteiger partial charge in [0.1, 0.15) is 23.7 Å². The van der Waals surface area contributed by atoms with Crippen LogP contribution in [0.25, 0.3) is 0 Å². The molecular weight excluding hydrogens is 428 g/mol. The van der Waals surface area contributed by atoms with E-state index in [1.807, 2.05) is 38.1 Å². The Hall–Kier alpha value is -3.34. The van der Waals surface area contributed by atoms with Crippen molar-refractivity contribution in [2.45, 2.75) is 39.4 Å². The van der Waals surface area contributed by atoms with E-state index in [9.17, 15) is 9.59 Å². The summed E-state index contributed by atoms with van der Waals surface area (Å²) in [7, 11) is 3.53. The zero-order chi connectivity index (χ0) is 23.1. The number of nitrogens with zero attached hydrogens (tertiary/aromatic N) is 6. The Morgan fingerprint density at radius 2 is 1.81 bits per heavy atom. The summed E-state index contributed by atoms with van der Waals surface area (Å²) in [6.07, 6.45) is 3.30. The molecule has 1 unspecified atom stereocenters. The third kappa shape index (κ3) is 5.88. The topological polar surface area (TPSA) is 118 Å². The normalized spacial score (nSPS) is 11.9. The Kier molecular flexibility index (Phi) is 7.87. The number of amides is 2. The summed E-state index contributed by atoms with van der Waals surface area (Å²) >= 11 is 1.36. The predicted octanol–water partition coefficient (Wildman–Crippen LogP) is 1.89. The highest BCUT2D eigenvalue weighted by molar-refractivity contribution is 7.15. The quantitative estimate of drug-likeness (QED) is 0.478. The monoisotopic (exact) mass is 456 g/mol. The molecule has 10 nitrogen and oxygen atoms in total. The van der Waals surface area contributed by atoms with Gasteiger partial charge in [0.25, 0.3) is 0 Å². The van der Waals surface area contributed by atoms with Crippen molar-refractivity contribution < 1.29 is 9.59 Å². The van der Waals surface area contributed by atoms with Crippen LogP contribution in [0.2, 0.25) is 0 Å². The molecule has 0 saturated carbocycles. The highest BCUT2D eigenvalue weighted by Crippen LogP contribution is 2.19. The van der Waals surface area contributed by atoms with E-state index in [1.165, 1.54) is 11.3 Å². The lowest BCUT2D eigenvalue weighted by Crippen LogP contribution is -2.35. The zero-order valence-electron chi connectivity index (χ0n) is 18.6. The number of anilines is 1. The Bertz CT molecular complexity index is 1030. The lowest BCUT2D eigenvalue weighted by molar-refractivity contribution is -0.129. The van der Waals surface area contributed by atoms with E-state index in [4.69, 9.17) is 0 Å². The molecule has 1 aromatic carbocycles. The average molecular weight is 457 g/mol. The highest BCUT2D eigenvalue weighted by Gasteiger charge is 2.24. The Balaban J connectivity index is 1.62. The first-order valence-corrected chi connectivity index (χ1v) is 11.1. The summed E-state index contributed by atoms with van der Waals surface area (Å²) in [5.74, 6) is -0.0699. The van der Waals surface area contributed by atoms with Gasteiger partial charge in [-0.25, -0.2) is 0 Å². The first-order valence-electron chi connectivity index (χ1n) is 10.3. The molecule has 0 aliphatic rings. The Morgan fingerprint density at radius 1 is 1.12 bits per heavy atom. The highest BCUT2D eigenvalue weighted by atomic mass is 32.1. The third-order valence-electron chi connectivity index (χ3n) is 5.05. The van der Waals surface area contributed by atoms with Gasteiger partial charge in [0.05, 0.1) is 6.42 Å². The minimum Gasteiger partial charge on any atom is -0.363 e. The fraction of sp³-hybridized carbons (Fsp3) is 0.429. The van der Waals surface area contributed by atoms with Crippen LogP contribution in [0.1, 0.15) is 36.0 Å². The summed E-state index contributed by atoms with van der Waals surface area (Å²) < 4.78 is 1.71. The number of likely N-dealkylation sites (N-methyl/N-ethyl adjacent to an activating group) is 1. The van der Waals surface area contributed by atoms with E-state index in [0.29, 0.717) is 23.2 Å². The van der Waals surface area contributed by atoms with Crippen molar-refractivity contribution in [3.63, 3.8) is 0 Å². The van der Waals surface area contributed by atoms with Gasteiger partial charge in [0.15, 0.2) is 0 Å². The molecule has 3 aromatic rings. The molecule has 2 heterocycles. The third-order valence-corrected chi connectivity index (χ3v) is 5.99.